The van der Waals surface area contributed by atoms with Gasteiger partial charge in [-0.25, -0.2) is 4.98 Å². The van der Waals surface area contributed by atoms with Gasteiger partial charge in [-0.1, -0.05) is 11.3 Å². The lowest BCUT2D eigenvalue weighted by Gasteiger charge is -2.31. The van der Waals surface area contributed by atoms with Gasteiger partial charge in [-0.15, -0.1) is 0 Å². The smallest absolute Gasteiger partial charge is 0.427 e. The van der Waals surface area contributed by atoms with Crippen LogP contribution in [-0.4, -0.2) is 31.0 Å². The molecule has 0 radical (unpaired) electrons. The van der Waals surface area contributed by atoms with Crippen LogP contribution >= 0.6 is 11.3 Å². The number of piperidine rings is 1. The maximum atomic E-state index is 12.7. The van der Waals surface area contributed by atoms with Crippen LogP contribution in [0.15, 0.2) is 30.5 Å². The highest BCUT2D eigenvalue weighted by Crippen LogP contribution is 2.37. The molecule has 0 N–H and O–H groups in total. The summed E-state index contributed by atoms with van der Waals surface area (Å²) in [7, 11) is 1.56. The van der Waals surface area contributed by atoms with Crippen LogP contribution in [0, 0.1) is 5.92 Å². The molecule has 1 aromatic heterocycles. The van der Waals surface area contributed by atoms with Crippen LogP contribution in [0.1, 0.15) is 28.1 Å². The second-order valence-corrected chi connectivity index (χ2v) is 6.87. The maximum Gasteiger partial charge on any atom is 0.427 e. The fourth-order valence-corrected chi connectivity index (χ4v) is 3.70. The van der Waals surface area contributed by atoms with E-state index in [2.05, 4.69) is 4.98 Å². The van der Waals surface area contributed by atoms with Gasteiger partial charge in [0.15, 0.2) is 10.9 Å². The largest absolute Gasteiger partial charge is 0.497 e. The molecule has 0 unspecified atom stereocenters. The number of carbonyl (C=O) groups excluding carboxylic acids is 1. The molecule has 134 valence electrons. The zero-order valence-electron chi connectivity index (χ0n) is 13.5. The summed E-state index contributed by atoms with van der Waals surface area (Å²) in [5.74, 6) is 0.639. The molecule has 25 heavy (non-hydrogen) atoms. The number of methoxy groups -OCH3 is 1. The quantitative estimate of drug-likeness (QED) is 0.754. The summed E-state index contributed by atoms with van der Waals surface area (Å²) < 4.78 is 43.1. The number of thiazole rings is 1. The summed E-state index contributed by atoms with van der Waals surface area (Å²) in [4.78, 5) is 17.6. The highest BCUT2D eigenvalue weighted by molar-refractivity contribution is 7.15. The fraction of sp³-hybridized carbons (Fsp3) is 0.412. The van der Waals surface area contributed by atoms with Gasteiger partial charge in [0.1, 0.15) is 10.6 Å². The molecule has 0 atom stereocenters. The Labute approximate surface area is 147 Å². The molecule has 0 bridgehead atoms. The molecule has 4 nitrogen and oxygen atoms in total. The predicted octanol–water partition coefficient (Wildman–Crippen LogP) is 4.27. The molecule has 2 aromatic rings. The summed E-state index contributed by atoms with van der Waals surface area (Å²) in [5.41, 5.74) is 0.632. The number of anilines is 1. The first kappa shape index (κ1) is 17.7. The Hall–Kier alpha value is -2.09. The lowest BCUT2D eigenvalue weighted by atomic mass is 9.89. The SMILES string of the molecule is COc1ccc(C(=O)C2CCN(c3ncc(C(F)(F)F)s3)CC2)cc1. The van der Waals surface area contributed by atoms with Crippen molar-refractivity contribution in [3.63, 3.8) is 0 Å². The normalized spacial score (nSPS) is 16.1. The molecule has 3 rings (SSSR count). The minimum Gasteiger partial charge on any atom is -0.497 e. The summed E-state index contributed by atoms with van der Waals surface area (Å²) in [6.07, 6.45) is -2.29. The van der Waals surface area contributed by atoms with E-state index < -0.39 is 11.1 Å². The molecular weight excluding hydrogens is 353 g/mol. The highest BCUT2D eigenvalue weighted by Gasteiger charge is 2.34. The van der Waals surface area contributed by atoms with Crippen LogP contribution in [-0.2, 0) is 6.18 Å². The summed E-state index contributed by atoms with van der Waals surface area (Å²) >= 11 is 0.647. The van der Waals surface area contributed by atoms with Crippen molar-refractivity contribution in [2.45, 2.75) is 19.0 Å². The van der Waals surface area contributed by atoms with Gasteiger partial charge in [0.05, 0.1) is 13.3 Å². The Morgan fingerprint density at radius 1 is 1.24 bits per heavy atom. The van der Waals surface area contributed by atoms with Crippen LogP contribution < -0.4 is 9.64 Å². The van der Waals surface area contributed by atoms with Crippen molar-refractivity contribution in [1.29, 1.82) is 0 Å². The van der Waals surface area contributed by atoms with E-state index in [1.54, 1.807) is 31.4 Å². The van der Waals surface area contributed by atoms with Gasteiger partial charge >= 0.3 is 6.18 Å². The zero-order valence-corrected chi connectivity index (χ0v) is 14.4. The zero-order chi connectivity index (χ0) is 18.0. The second kappa shape index (κ2) is 7.03. The Morgan fingerprint density at radius 2 is 1.88 bits per heavy atom. The molecule has 2 heterocycles. The van der Waals surface area contributed by atoms with E-state index in [0.717, 1.165) is 6.20 Å². The number of ketones is 1. The first-order valence-corrected chi connectivity index (χ1v) is 8.66. The second-order valence-electron chi connectivity index (χ2n) is 5.86. The van der Waals surface area contributed by atoms with Crippen molar-refractivity contribution in [1.82, 2.24) is 4.98 Å². The minimum absolute atomic E-state index is 0.0671. The summed E-state index contributed by atoms with van der Waals surface area (Å²) in [5, 5.41) is 0.364. The van der Waals surface area contributed by atoms with Crippen LogP contribution in [0.25, 0.3) is 0 Å². The summed E-state index contributed by atoms with van der Waals surface area (Å²) in [6, 6.07) is 6.97. The minimum atomic E-state index is -4.36. The molecule has 1 aromatic carbocycles. The number of benzene rings is 1. The molecule has 0 spiro atoms. The van der Waals surface area contributed by atoms with Gasteiger partial charge in [-0.3, -0.25) is 4.79 Å². The van der Waals surface area contributed by atoms with Crippen molar-refractivity contribution in [3.8, 4) is 5.75 Å². The van der Waals surface area contributed by atoms with Crippen LogP contribution in [0.2, 0.25) is 0 Å². The van der Waals surface area contributed by atoms with Crippen LogP contribution in [0.5, 0.6) is 5.75 Å². The third-order valence-corrected chi connectivity index (χ3v) is 5.39. The maximum absolute atomic E-state index is 12.7. The van der Waals surface area contributed by atoms with Crippen molar-refractivity contribution >= 4 is 22.3 Å². The first-order valence-electron chi connectivity index (χ1n) is 7.84. The van der Waals surface area contributed by atoms with Crippen molar-refractivity contribution < 1.29 is 22.7 Å². The Balaban J connectivity index is 1.61. The van der Waals surface area contributed by atoms with Crippen LogP contribution in [0.3, 0.4) is 0 Å². The Kier molecular flexibility index (Phi) is 4.99. The van der Waals surface area contributed by atoms with E-state index in [9.17, 15) is 18.0 Å². The van der Waals surface area contributed by atoms with Crippen molar-refractivity contribution in [3.05, 3.63) is 40.9 Å². The Bertz CT molecular complexity index is 735. The van der Waals surface area contributed by atoms with Gasteiger partial charge in [0.2, 0.25) is 0 Å². The Morgan fingerprint density at radius 3 is 2.40 bits per heavy atom. The number of alkyl halides is 3. The van der Waals surface area contributed by atoms with Crippen molar-refractivity contribution in [2.75, 3.05) is 25.1 Å². The van der Waals surface area contributed by atoms with E-state index in [-0.39, 0.29) is 11.7 Å². The molecular formula is C17H17F3N2O2S. The number of nitrogens with zero attached hydrogens (tertiary/aromatic N) is 2. The lowest BCUT2D eigenvalue weighted by Crippen LogP contribution is -2.36. The topological polar surface area (TPSA) is 42.4 Å². The molecule has 0 amide bonds. The van der Waals surface area contributed by atoms with Crippen molar-refractivity contribution in [2.24, 2.45) is 5.92 Å². The number of Topliss-reactive ketones (excluding diaryl/α,β-unsaturated/α-hetero) is 1. The number of aromatic nitrogens is 1. The number of halogens is 3. The van der Waals surface area contributed by atoms with Gasteiger partial charge in [-0.05, 0) is 37.1 Å². The molecule has 1 saturated heterocycles. The molecule has 1 fully saturated rings. The summed E-state index contributed by atoms with van der Waals surface area (Å²) in [6.45, 7) is 1.05. The number of hydrogen-bond donors (Lipinski definition) is 0. The number of rotatable bonds is 4. The third kappa shape index (κ3) is 3.95. The predicted molar refractivity (Wildman–Crippen MR) is 89.4 cm³/mol. The monoisotopic (exact) mass is 370 g/mol. The average Bonchev–Trinajstić information content (AvgIpc) is 3.12. The molecule has 0 saturated carbocycles. The molecule has 1 aliphatic heterocycles. The van der Waals surface area contributed by atoms with Gasteiger partial charge < -0.3 is 9.64 Å². The van der Waals surface area contributed by atoms with E-state index in [1.165, 1.54) is 0 Å². The number of ether oxygens (including phenoxy) is 1. The first-order chi connectivity index (χ1) is 11.9. The molecule has 0 aliphatic carbocycles. The third-order valence-electron chi connectivity index (χ3n) is 4.28. The fourth-order valence-electron chi connectivity index (χ4n) is 2.87. The number of hydrogen-bond acceptors (Lipinski definition) is 5. The highest BCUT2D eigenvalue weighted by atomic mass is 32.1. The van der Waals surface area contributed by atoms with Crippen LogP contribution in [0.4, 0.5) is 18.3 Å². The standard InChI is InChI=1S/C17H17F3N2O2S/c1-24-13-4-2-11(3-5-13)15(23)12-6-8-22(9-7-12)16-21-10-14(25-16)17(18,19)20/h2-5,10,12H,6-9H2,1H3. The van der Waals surface area contributed by atoms with E-state index in [1.807, 2.05) is 4.90 Å². The van der Waals surface area contributed by atoms with E-state index in [0.29, 0.717) is 53.7 Å². The number of carbonyl (C=O) groups is 1. The van der Waals surface area contributed by atoms with Gasteiger partial charge in [-0.2, -0.15) is 13.2 Å². The average molecular weight is 370 g/mol. The molecule has 8 heteroatoms. The van der Waals surface area contributed by atoms with Gasteiger partial charge in [0.25, 0.3) is 0 Å². The lowest BCUT2D eigenvalue weighted by molar-refractivity contribution is -0.134. The van der Waals surface area contributed by atoms with E-state index in [4.69, 9.17) is 4.74 Å². The molecule has 1 aliphatic rings. The van der Waals surface area contributed by atoms with Gasteiger partial charge in [0, 0.05) is 24.6 Å². The van der Waals surface area contributed by atoms with E-state index >= 15 is 0 Å².